The van der Waals surface area contributed by atoms with E-state index in [0.29, 0.717) is 0 Å². The summed E-state index contributed by atoms with van der Waals surface area (Å²) in [4.78, 5) is 0. The second-order valence-electron chi connectivity index (χ2n) is 3.81. The van der Waals surface area contributed by atoms with E-state index in [1.54, 1.807) is 7.11 Å². The molecular formula is C16H14O2. The molecule has 2 rings (SSSR count). The lowest BCUT2D eigenvalue weighted by atomic mass is 10.1. The highest BCUT2D eigenvalue weighted by Gasteiger charge is 2.03. The molecule has 18 heavy (non-hydrogen) atoms. The molecule has 90 valence electrons. The van der Waals surface area contributed by atoms with Crippen molar-refractivity contribution >= 4 is 0 Å². The molecule has 1 atom stereocenters. The van der Waals surface area contributed by atoms with Crippen LogP contribution in [0.1, 0.15) is 17.2 Å². The zero-order valence-electron chi connectivity index (χ0n) is 10.1. The molecule has 0 aliphatic heterocycles. The maximum absolute atomic E-state index is 9.93. The largest absolute Gasteiger partial charge is 0.497 e. The van der Waals surface area contributed by atoms with Gasteiger partial charge in [-0.2, -0.15) is 0 Å². The summed E-state index contributed by atoms with van der Waals surface area (Å²) in [5.74, 6) is 6.52. The summed E-state index contributed by atoms with van der Waals surface area (Å²) in [6.07, 6.45) is -0.781. The van der Waals surface area contributed by atoms with Crippen LogP contribution >= 0.6 is 0 Å². The minimum absolute atomic E-state index is 0.763. The Morgan fingerprint density at radius 1 is 1.00 bits per heavy atom. The van der Waals surface area contributed by atoms with Gasteiger partial charge in [0.05, 0.1) is 7.11 Å². The van der Waals surface area contributed by atoms with Crippen molar-refractivity contribution in [3.8, 4) is 17.6 Å². The van der Waals surface area contributed by atoms with E-state index >= 15 is 0 Å². The number of hydrogen-bond donors (Lipinski definition) is 1. The molecule has 2 nitrogen and oxygen atoms in total. The zero-order valence-corrected chi connectivity index (χ0v) is 10.1. The van der Waals surface area contributed by atoms with E-state index in [1.165, 1.54) is 0 Å². The SMILES string of the molecule is COc1ccc([C@@H](O)C#Cc2ccccc2)cc1. The molecule has 0 aliphatic carbocycles. The topological polar surface area (TPSA) is 29.5 Å². The van der Waals surface area contributed by atoms with Crippen LogP contribution < -0.4 is 4.74 Å². The van der Waals surface area contributed by atoms with Gasteiger partial charge in [-0.05, 0) is 29.8 Å². The van der Waals surface area contributed by atoms with Crippen molar-refractivity contribution in [3.05, 3.63) is 65.7 Å². The highest BCUT2D eigenvalue weighted by Crippen LogP contribution is 2.16. The molecule has 0 heterocycles. The Balaban J connectivity index is 2.12. The van der Waals surface area contributed by atoms with Crippen molar-refractivity contribution < 1.29 is 9.84 Å². The second kappa shape index (κ2) is 5.90. The van der Waals surface area contributed by atoms with Gasteiger partial charge < -0.3 is 9.84 Å². The molecule has 0 radical (unpaired) electrons. The molecule has 0 spiro atoms. The van der Waals surface area contributed by atoms with Crippen molar-refractivity contribution in [2.45, 2.75) is 6.10 Å². The predicted octanol–water partition coefficient (Wildman–Crippen LogP) is 2.78. The van der Waals surface area contributed by atoms with Gasteiger partial charge in [0.2, 0.25) is 0 Å². The Bertz CT molecular complexity index is 547. The van der Waals surface area contributed by atoms with Gasteiger partial charge in [0.25, 0.3) is 0 Å². The summed E-state index contributed by atoms with van der Waals surface area (Å²) in [6.45, 7) is 0. The first-order valence-electron chi connectivity index (χ1n) is 5.68. The summed E-state index contributed by atoms with van der Waals surface area (Å²) in [7, 11) is 1.61. The van der Waals surface area contributed by atoms with Crippen molar-refractivity contribution in [1.82, 2.24) is 0 Å². The van der Waals surface area contributed by atoms with E-state index in [9.17, 15) is 5.11 Å². The van der Waals surface area contributed by atoms with Crippen molar-refractivity contribution in [2.24, 2.45) is 0 Å². The fourth-order valence-corrected chi connectivity index (χ4v) is 1.54. The van der Waals surface area contributed by atoms with Gasteiger partial charge in [-0.25, -0.2) is 0 Å². The minimum Gasteiger partial charge on any atom is -0.497 e. The van der Waals surface area contributed by atoms with E-state index in [4.69, 9.17) is 4.74 Å². The van der Waals surface area contributed by atoms with Gasteiger partial charge in [0.1, 0.15) is 11.9 Å². The van der Waals surface area contributed by atoms with Crippen LogP contribution in [0.3, 0.4) is 0 Å². The Hall–Kier alpha value is -2.24. The number of aliphatic hydroxyl groups is 1. The van der Waals surface area contributed by atoms with Crippen LogP contribution in [-0.4, -0.2) is 12.2 Å². The summed E-state index contributed by atoms with van der Waals surface area (Å²) < 4.78 is 5.06. The van der Waals surface area contributed by atoms with Crippen LogP contribution in [-0.2, 0) is 0 Å². The molecule has 2 aromatic carbocycles. The van der Waals surface area contributed by atoms with Crippen molar-refractivity contribution in [1.29, 1.82) is 0 Å². The first-order valence-corrected chi connectivity index (χ1v) is 5.68. The van der Waals surface area contributed by atoms with Gasteiger partial charge in [-0.15, -0.1) is 0 Å². The summed E-state index contributed by atoms with van der Waals surface area (Å²) in [5, 5.41) is 9.93. The van der Waals surface area contributed by atoms with Crippen LogP contribution in [0.15, 0.2) is 54.6 Å². The molecule has 0 aromatic heterocycles. The Morgan fingerprint density at radius 3 is 2.28 bits per heavy atom. The van der Waals surface area contributed by atoms with Gasteiger partial charge in [0.15, 0.2) is 0 Å². The van der Waals surface area contributed by atoms with Gasteiger partial charge in [-0.3, -0.25) is 0 Å². The Morgan fingerprint density at radius 2 is 1.67 bits per heavy atom. The summed E-state index contributed by atoms with van der Waals surface area (Å²) in [5.41, 5.74) is 1.66. The van der Waals surface area contributed by atoms with Crippen LogP contribution in [0.2, 0.25) is 0 Å². The lowest BCUT2D eigenvalue weighted by Crippen LogP contribution is -1.93. The molecule has 0 amide bonds. The highest BCUT2D eigenvalue weighted by molar-refractivity contribution is 5.37. The standard InChI is InChI=1S/C16H14O2/c1-18-15-10-8-14(9-11-15)16(17)12-7-13-5-3-2-4-6-13/h2-6,8-11,16-17H,1H3/t16-/m0/s1. The molecule has 2 aromatic rings. The predicted molar refractivity (Wildman–Crippen MR) is 71.3 cm³/mol. The summed E-state index contributed by atoms with van der Waals surface area (Å²) in [6, 6.07) is 16.8. The third kappa shape index (κ3) is 3.13. The average molecular weight is 238 g/mol. The lowest BCUT2D eigenvalue weighted by molar-refractivity contribution is 0.238. The Kier molecular flexibility index (Phi) is 4.01. The average Bonchev–Trinajstić information content (AvgIpc) is 2.46. The van der Waals surface area contributed by atoms with E-state index in [2.05, 4.69) is 11.8 Å². The monoisotopic (exact) mass is 238 g/mol. The third-order valence-corrected chi connectivity index (χ3v) is 2.56. The van der Waals surface area contributed by atoms with Gasteiger partial charge in [-0.1, -0.05) is 42.2 Å². The molecule has 2 heteroatoms. The Labute approximate surface area is 107 Å². The van der Waals surface area contributed by atoms with Gasteiger partial charge >= 0.3 is 0 Å². The van der Waals surface area contributed by atoms with Gasteiger partial charge in [0, 0.05) is 5.56 Å². The van der Waals surface area contributed by atoms with E-state index in [-0.39, 0.29) is 0 Å². The number of benzene rings is 2. The fourth-order valence-electron chi connectivity index (χ4n) is 1.54. The number of methoxy groups -OCH3 is 1. The van der Waals surface area contributed by atoms with E-state index < -0.39 is 6.10 Å². The number of rotatable bonds is 2. The maximum Gasteiger partial charge on any atom is 0.140 e. The third-order valence-electron chi connectivity index (χ3n) is 2.56. The quantitative estimate of drug-likeness (QED) is 0.815. The molecule has 1 N–H and O–H groups in total. The molecular weight excluding hydrogens is 224 g/mol. The highest BCUT2D eigenvalue weighted by atomic mass is 16.5. The van der Waals surface area contributed by atoms with Crippen LogP contribution in [0.4, 0.5) is 0 Å². The van der Waals surface area contributed by atoms with Crippen LogP contribution in [0.5, 0.6) is 5.75 Å². The van der Waals surface area contributed by atoms with Crippen LogP contribution in [0.25, 0.3) is 0 Å². The molecule has 0 bridgehead atoms. The van der Waals surface area contributed by atoms with Crippen molar-refractivity contribution in [2.75, 3.05) is 7.11 Å². The minimum atomic E-state index is -0.781. The number of aliphatic hydroxyl groups excluding tert-OH is 1. The maximum atomic E-state index is 9.93. The number of ether oxygens (including phenoxy) is 1. The van der Waals surface area contributed by atoms with Crippen molar-refractivity contribution in [3.63, 3.8) is 0 Å². The normalized spacial score (nSPS) is 11.2. The molecule has 0 saturated carbocycles. The van der Waals surface area contributed by atoms with E-state index in [0.717, 1.165) is 16.9 Å². The first-order chi connectivity index (χ1) is 8.79. The zero-order chi connectivity index (χ0) is 12.8. The second-order valence-corrected chi connectivity index (χ2v) is 3.81. The molecule has 0 saturated heterocycles. The lowest BCUT2D eigenvalue weighted by Gasteiger charge is -2.04. The molecule has 0 aliphatic rings. The molecule has 0 unspecified atom stereocenters. The smallest absolute Gasteiger partial charge is 0.140 e. The first kappa shape index (κ1) is 12.2. The van der Waals surface area contributed by atoms with Crippen LogP contribution in [0, 0.1) is 11.8 Å². The number of hydrogen-bond acceptors (Lipinski definition) is 2. The van der Waals surface area contributed by atoms with E-state index in [1.807, 2.05) is 54.6 Å². The molecule has 0 fully saturated rings. The summed E-state index contributed by atoms with van der Waals surface area (Å²) >= 11 is 0. The fraction of sp³-hybridized carbons (Fsp3) is 0.125.